The predicted octanol–water partition coefficient (Wildman–Crippen LogP) is 2.51. The van der Waals surface area contributed by atoms with Gasteiger partial charge in [-0.1, -0.05) is 0 Å². The fourth-order valence-corrected chi connectivity index (χ4v) is 5.55. The van der Waals surface area contributed by atoms with Crippen LogP contribution in [-0.4, -0.2) is 26.8 Å². The van der Waals surface area contributed by atoms with Gasteiger partial charge in [-0.2, -0.15) is 0 Å². The molecule has 0 heterocycles. The molecule has 0 bridgehead atoms. The molecule has 1 rings (SSSR count). The summed E-state index contributed by atoms with van der Waals surface area (Å²) in [6, 6.07) is 8.53. The Balaban J connectivity index is 2.52. The van der Waals surface area contributed by atoms with Gasteiger partial charge in [-0.3, -0.25) is 0 Å². The molecule has 0 spiro atoms. The van der Waals surface area contributed by atoms with Crippen molar-refractivity contribution in [2.45, 2.75) is 25.6 Å². The van der Waals surface area contributed by atoms with Crippen LogP contribution in [0, 0.1) is 0 Å². The zero-order valence-corrected chi connectivity index (χ0v) is 12.9. The van der Waals surface area contributed by atoms with Crippen molar-refractivity contribution in [2.75, 3.05) is 6.61 Å². The first kappa shape index (κ1) is 13.4. The minimum absolute atomic E-state index is 0.124. The summed E-state index contributed by atoms with van der Waals surface area (Å²) >= 11 is -0.655. The number of rotatable bonds is 6. The number of nitrogens with two attached hydrogens (primary N) is 1. The Labute approximate surface area is 105 Å². The van der Waals surface area contributed by atoms with E-state index in [2.05, 4.69) is 31.2 Å². The summed E-state index contributed by atoms with van der Waals surface area (Å²) in [5, 5.41) is 0. The molecule has 0 aliphatic heterocycles. The third-order valence-corrected chi connectivity index (χ3v) is 6.80. The van der Waals surface area contributed by atoms with Crippen molar-refractivity contribution in [1.29, 1.82) is 0 Å². The van der Waals surface area contributed by atoms with Crippen LogP contribution < -0.4 is 5.73 Å². The Hall–Kier alpha value is 0.289. The first-order valence-electron chi connectivity index (χ1n) is 5.07. The summed E-state index contributed by atoms with van der Waals surface area (Å²) in [7, 11) is 1.95. The van der Waals surface area contributed by atoms with E-state index < -0.39 is 20.2 Å². The summed E-state index contributed by atoms with van der Waals surface area (Å²) in [5.74, 6) is 1.05. The minimum atomic E-state index is -0.655. The molecule has 1 aromatic rings. The average molecular weight is 330 g/mol. The second kappa shape index (κ2) is 7.54. The molecular weight excluding hydrogens is 313 g/mol. The number of benzene rings is 1. The first-order valence-corrected chi connectivity index (χ1v) is 10.7. The SMILES string of the molecule is CC[O][Sn+2][S]Cc1ccccc1C(C)N. The topological polar surface area (TPSA) is 35.2 Å². The van der Waals surface area contributed by atoms with Gasteiger partial charge < -0.3 is 0 Å². The monoisotopic (exact) mass is 331 g/mol. The van der Waals surface area contributed by atoms with E-state index in [-0.39, 0.29) is 6.04 Å². The summed E-state index contributed by atoms with van der Waals surface area (Å²) < 4.78 is 5.46. The van der Waals surface area contributed by atoms with Crippen LogP contribution in [0.5, 0.6) is 0 Å². The van der Waals surface area contributed by atoms with E-state index in [0.29, 0.717) is 0 Å². The Kier molecular flexibility index (Phi) is 6.72. The van der Waals surface area contributed by atoms with Gasteiger partial charge in [-0.25, -0.2) is 0 Å². The van der Waals surface area contributed by atoms with Gasteiger partial charge in [0.25, 0.3) is 0 Å². The van der Waals surface area contributed by atoms with Crippen LogP contribution in [0.1, 0.15) is 31.0 Å². The number of hydrogen-bond donors (Lipinski definition) is 1. The molecule has 1 atom stereocenters. The summed E-state index contributed by atoms with van der Waals surface area (Å²) in [6.45, 7) is 4.94. The van der Waals surface area contributed by atoms with E-state index in [1.165, 1.54) is 11.1 Å². The maximum atomic E-state index is 5.92. The second-order valence-electron chi connectivity index (χ2n) is 3.29. The first-order chi connectivity index (χ1) is 7.25. The number of hydrogen-bond acceptors (Lipinski definition) is 3. The van der Waals surface area contributed by atoms with Crippen LogP contribution in [-0.2, 0) is 8.83 Å². The second-order valence-corrected chi connectivity index (χ2v) is 8.76. The summed E-state index contributed by atoms with van der Waals surface area (Å²) in [4.78, 5) is 0. The Morgan fingerprint density at radius 1 is 1.47 bits per heavy atom. The van der Waals surface area contributed by atoms with Crippen molar-refractivity contribution in [2.24, 2.45) is 5.73 Å². The van der Waals surface area contributed by atoms with E-state index in [4.69, 9.17) is 8.81 Å². The molecule has 0 aliphatic rings. The van der Waals surface area contributed by atoms with Crippen LogP contribution in [0.4, 0.5) is 0 Å². The molecule has 15 heavy (non-hydrogen) atoms. The molecule has 0 aromatic heterocycles. The van der Waals surface area contributed by atoms with Crippen molar-refractivity contribution < 1.29 is 3.07 Å². The maximum absolute atomic E-state index is 5.92. The molecule has 80 valence electrons. The molecule has 0 fully saturated rings. The van der Waals surface area contributed by atoms with Gasteiger partial charge in [0.1, 0.15) is 0 Å². The van der Waals surface area contributed by atoms with Crippen molar-refractivity contribution in [3.05, 3.63) is 35.4 Å². The van der Waals surface area contributed by atoms with E-state index in [1.807, 2.05) is 15.9 Å². The van der Waals surface area contributed by atoms with Crippen LogP contribution in [0.3, 0.4) is 0 Å². The van der Waals surface area contributed by atoms with Gasteiger partial charge in [0.15, 0.2) is 0 Å². The quantitative estimate of drug-likeness (QED) is 0.643. The van der Waals surface area contributed by atoms with Crippen LogP contribution in [0.25, 0.3) is 0 Å². The normalized spacial score (nSPS) is 12.2. The van der Waals surface area contributed by atoms with E-state index in [9.17, 15) is 0 Å². The van der Waals surface area contributed by atoms with Gasteiger partial charge in [0.2, 0.25) is 0 Å². The molecule has 4 heteroatoms. The van der Waals surface area contributed by atoms with Gasteiger partial charge in [-0.15, -0.1) is 0 Å². The van der Waals surface area contributed by atoms with Crippen molar-refractivity contribution >= 4 is 29.1 Å². The summed E-state index contributed by atoms with van der Waals surface area (Å²) in [6.07, 6.45) is 0. The fourth-order valence-electron chi connectivity index (χ4n) is 1.32. The Bertz CT molecular complexity index is 294. The average Bonchev–Trinajstić information content (AvgIpc) is 2.25. The van der Waals surface area contributed by atoms with Crippen molar-refractivity contribution in [3.63, 3.8) is 0 Å². The predicted molar refractivity (Wildman–Crippen MR) is 67.7 cm³/mol. The van der Waals surface area contributed by atoms with E-state index >= 15 is 0 Å². The van der Waals surface area contributed by atoms with Crippen LogP contribution in [0.15, 0.2) is 24.3 Å². The molecule has 1 aromatic carbocycles. The Morgan fingerprint density at radius 2 is 2.20 bits per heavy atom. The van der Waals surface area contributed by atoms with Gasteiger partial charge in [0.05, 0.1) is 0 Å². The van der Waals surface area contributed by atoms with Gasteiger partial charge in [-0.05, 0) is 0 Å². The Morgan fingerprint density at radius 3 is 2.87 bits per heavy atom. The third kappa shape index (κ3) is 4.76. The fraction of sp³-hybridized carbons (Fsp3) is 0.455. The van der Waals surface area contributed by atoms with Crippen LogP contribution >= 0.6 is 8.95 Å². The molecule has 0 radical (unpaired) electrons. The molecule has 0 amide bonds. The molecule has 1 unspecified atom stereocenters. The summed E-state index contributed by atoms with van der Waals surface area (Å²) in [5.41, 5.74) is 8.54. The molecule has 0 saturated carbocycles. The van der Waals surface area contributed by atoms with Crippen molar-refractivity contribution in [3.8, 4) is 0 Å². The standard InChI is InChI=1S/C9H13NS.C2H5O.Sn/c1-7(10)9-5-3-2-4-8(9)6-11;1-2-3;/h2-5,7,11H,6,10H2,1H3;2H2,1H3;/q;-1;+4/p-1. The third-order valence-electron chi connectivity index (χ3n) is 2.04. The van der Waals surface area contributed by atoms with Crippen molar-refractivity contribution in [1.82, 2.24) is 0 Å². The molecule has 0 saturated heterocycles. The van der Waals surface area contributed by atoms with Gasteiger partial charge >= 0.3 is 106 Å². The molecule has 0 aliphatic carbocycles. The van der Waals surface area contributed by atoms with E-state index in [1.54, 1.807) is 0 Å². The molecule has 2 N–H and O–H groups in total. The molecule has 2 nitrogen and oxygen atoms in total. The van der Waals surface area contributed by atoms with E-state index in [0.717, 1.165) is 12.4 Å². The van der Waals surface area contributed by atoms with Crippen LogP contribution in [0.2, 0.25) is 0 Å². The zero-order chi connectivity index (χ0) is 11.1. The van der Waals surface area contributed by atoms with Gasteiger partial charge in [0, 0.05) is 0 Å². The molecular formula is C11H17NOSSn+2. The zero-order valence-electron chi connectivity index (χ0n) is 9.19.